The van der Waals surface area contributed by atoms with Crippen molar-refractivity contribution in [3.8, 4) is 0 Å². The molecule has 2 fully saturated rings. The van der Waals surface area contributed by atoms with Gasteiger partial charge in [-0.25, -0.2) is 0 Å². The maximum atomic E-state index is 11.4. The molecule has 0 aromatic carbocycles. The highest BCUT2D eigenvalue weighted by Crippen LogP contribution is 2.27. The lowest BCUT2D eigenvalue weighted by Gasteiger charge is -2.22. The normalized spacial score (nSPS) is 25.0. The van der Waals surface area contributed by atoms with Gasteiger partial charge in [-0.2, -0.15) is 0 Å². The maximum absolute atomic E-state index is 11.4. The van der Waals surface area contributed by atoms with Crippen LogP contribution in [0.15, 0.2) is 0 Å². The smallest absolute Gasteiger partial charge is 0.237 e. The van der Waals surface area contributed by atoms with E-state index in [4.69, 9.17) is 0 Å². The molecule has 0 aromatic heterocycles. The lowest BCUT2D eigenvalue weighted by molar-refractivity contribution is -0.125. The number of nitrogens with one attached hydrogen (secondary N) is 3. The third kappa shape index (κ3) is 3.48. The molecule has 1 saturated heterocycles. The molecule has 2 rings (SSSR count). The summed E-state index contributed by atoms with van der Waals surface area (Å²) in [5, 5.41) is 8.64. The molecule has 16 heavy (non-hydrogen) atoms. The van der Waals surface area contributed by atoms with E-state index in [0.717, 1.165) is 25.9 Å². The van der Waals surface area contributed by atoms with Crippen molar-refractivity contribution < 1.29 is 9.59 Å². The lowest BCUT2D eigenvalue weighted by Crippen LogP contribution is -2.50. The summed E-state index contributed by atoms with van der Waals surface area (Å²) in [6.07, 6.45) is 4.27. The van der Waals surface area contributed by atoms with Crippen molar-refractivity contribution in [2.75, 3.05) is 19.6 Å². The average Bonchev–Trinajstić information content (AvgIpc) is 3.09. The van der Waals surface area contributed by atoms with Gasteiger partial charge < -0.3 is 10.6 Å². The van der Waals surface area contributed by atoms with Gasteiger partial charge in [0.15, 0.2) is 0 Å². The predicted molar refractivity (Wildman–Crippen MR) is 59.8 cm³/mol. The van der Waals surface area contributed by atoms with Gasteiger partial charge in [-0.1, -0.05) is 0 Å². The molecular weight excluding hydrogens is 206 g/mol. The van der Waals surface area contributed by atoms with Gasteiger partial charge in [0, 0.05) is 13.1 Å². The van der Waals surface area contributed by atoms with Crippen LogP contribution in [-0.2, 0) is 9.59 Å². The summed E-state index contributed by atoms with van der Waals surface area (Å²) >= 11 is 0. The van der Waals surface area contributed by atoms with Crippen LogP contribution in [-0.4, -0.2) is 37.5 Å². The van der Waals surface area contributed by atoms with E-state index < -0.39 is 0 Å². The first kappa shape index (κ1) is 11.4. The largest absolute Gasteiger partial charge is 0.355 e. The van der Waals surface area contributed by atoms with Crippen LogP contribution in [0.1, 0.15) is 25.7 Å². The first-order valence-electron chi connectivity index (χ1n) is 6.03. The van der Waals surface area contributed by atoms with E-state index in [-0.39, 0.29) is 24.4 Å². The van der Waals surface area contributed by atoms with Crippen molar-refractivity contribution in [2.24, 2.45) is 5.92 Å². The summed E-state index contributed by atoms with van der Waals surface area (Å²) in [6.45, 7) is 1.78. The monoisotopic (exact) mass is 225 g/mol. The van der Waals surface area contributed by atoms with Crippen LogP contribution in [0.2, 0.25) is 0 Å². The molecule has 2 amide bonds. The van der Waals surface area contributed by atoms with Crippen molar-refractivity contribution in [2.45, 2.75) is 31.7 Å². The Balaban J connectivity index is 1.61. The molecule has 1 saturated carbocycles. The van der Waals surface area contributed by atoms with E-state index in [1.807, 2.05) is 0 Å². The molecule has 5 heteroatoms. The molecule has 3 N–H and O–H groups in total. The number of carbonyl (C=O) groups is 2. The summed E-state index contributed by atoms with van der Waals surface area (Å²) < 4.78 is 0. The summed E-state index contributed by atoms with van der Waals surface area (Å²) in [5.74, 6) is 0.702. The minimum atomic E-state index is -0.194. The molecule has 0 radical (unpaired) electrons. The van der Waals surface area contributed by atoms with Crippen molar-refractivity contribution in [3.05, 3.63) is 0 Å². The van der Waals surface area contributed by atoms with E-state index >= 15 is 0 Å². The third-order valence-corrected chi connectivity index (χ3v) is 3.08. The zero-order valence-corrected chi connectivity index (χ0v) is 9.42. The first-order valence-corrected chi connectivity index (χ1v) is 6.03. The van der Waals surface area contributed by atoms with Gasteiger partial charge in [0.2, 0.25) is 11.8 Å². The van der Waals surface area contributed by atoms with Crippen molar-refractivity contribution in [1.82, 2.24) is 16.0 Å². The van der Waals surface area contributed by atoms with Crippen molar-refractivity contribution >= 4 is 11.8 Å². The fourth-order valence-corrected chi connectivity index (χ4v) is 1.83. The van der Waals surface area contributed by atoms with Crippen LogP contribution in [0.5, 0.6) is 0 Å². The van der Waals surface area contributed by atoms with Crippen molar-refractivity contribution in [1.29, 1.82) is 0 Å². The minimum absolute atomic E-state index is 0.00901. The quantitative estimate of drug-likeness (QED) is 0.584. The molecular formula is C11H19N3O2. The minimum Gasteiger partial charge on any atom is -0.355 e. The number of hydrogen-bond acceptors (Lipinski definition) is 3. The third-order valence-electron chi connectivity index (χ3n) is 3.08. The van der Waals surface area contributed by atoms with E-state index in [1.165, 1.54) is 12.8 Å². The number of amides is 2. The molecule has 5 nitrogen and oxygen atoms in total. The molecule has 0 bridgehead atoms. The predicted octanol–water partition coefficient (Wildman–Crippen LogP) is -0.619. The molecule has 1 atom stereocenters. The van der Waals surface area contributed by atoms with E-state index in [2.05, 4.69) is 16.0 Å². The Hall–Kier alpha value is -1.10. The van der Waals surface area contributed by atoms with Gasteiger partial charge in [0.1, 0.15) is 0 Å². The zero-order valence-electron chi connectivity index (χ0n) is 9.42. The van der Waals surface area contributed by atoms with Crippen molar-refractivity contribution in [3.63, 3.8) is 0 Å². The molecule has 1 heterocycles. The fourth-order valence-electron chi connectivity index (χ4n) is 1.83. The topological polar surface area (TPSA) is 70.2 Å². The van der Waals surface area contributed by atoms with E-state index in [9.17, 15) is 9.59 Å². The number of piperidine rings is 1. The van der Waals surface area contributed by atoms with E-state index in [0.29, 0.717) is 5.92 Å². The van der Waals surface area contributed by atoms with Crippen LogP contribution in [0, 0.1) is 5.92 Å². The molecule has 1 aliphatic carbocycles. The van der Waals surface area contributed by atoms with E-state index in [1.54, 1.807) is 0 Å². The highest BCUT2D eigenvalue weighted by atomic mass is 16.2. The number of rotatable bonds is 5. The Labute approximate surface area is 95.3 Å². The average molecular weight is 225 g/mol. The first-order chi connectivity index (χ1) is 7.75. The van der Waals surface area contributed by atoms with Crippen LogP contribution < -0.4 is 16.0 Å². The van der Waals surface area contributed by atoms with Gasteiger partial charge in [0.05, 0.1) is 12.6 Å². The Morgan fingerprint density at radius 2 is 2.19 bits per heavy atom. The molecule has 90 valence electrons. The standard InChI is InChI=1S/C11H19N3O2/c15-10(14-6-8-3-4-8)7-13-9-2-1-5-12-11(9)16/h8-9,13H,1-7H2,(H,12,16)(H,14,15). The Kier molecular flexibility index (Phi) is 3.77. The SMILES string of the molecule is O=C(CNC1CCCNC1=O)NCC1CC1. The molecule has 0 aromatic rings. The fraction of sp³-hybridized carbons (Fsp3) is 0.818. The van der Waals surface area contributed by atoms with Gasteiger partial charge >= 0.3 is 0 Å². The Morgan fingerprint density at radius 3 is 2.88 bits per heavy atom. The summed E-state index contributed by atoms with van der Waals surface area (Å²) in [6, 6.07) is -0.194. The Bertz CT molecular complexity index is 276. The lowest BCUT2D eigenvalue weighted by atomic mass is 10.1. The van der Waals surface area contributed by atoms with Crippen LogP contribution in [0.3, 0.4) is 0 Å². The Morgan fingerprint density at radius 1 is 1.38 bits per heavy atom. The van der Waals surface area contributed by atoms with Gasteiger partial charge in [-0.3, -0.25) is 14.9 Å². The molecule has 2 aliphatic rings. The summed E-state index contributed by atoms with van der Waals surface area (Å²) in [4.78, 5) is 22.8. The highest BCUT2D eigenvalue weighted by Gasteiger charge is 2.23. The summed E-state index contributed by atoms with van der Waals surface area (Å²) in [5.41, 5.74) is 0. The highest BCUT2D eigenvalue weighted by molar-refractivity contribution is 5.84. The second-order valence-corrected chi connectivity index (χ2v) is 4.61. The second kappa shape index (κ2) is 5.30. The maximum Gasteiger partial charge on any atom is 0.237 e. The number of hydrogen-bond donors (Lipinski definition) is 3. The molecule has 0 spiro atoms. The van der Waals surface area contributed by atoms with Crippen LogP contribution >= 0.6 is 0 Å². The molecule has 1 unspecified atom stereocenters. The van der Waals surface area contributed by atoms with Gasteiger partial charge in [0.25, 0.3) is 0 Å². The zero-order chi connectivity index (χ0) is 11.4. The van der Waals surface area contributed by atoms with Gasteiger partial charge in [-0.05, 0) is 31.6 Å². The summed E-state index contributed by atoms with van der Waals surface area (Å²) in [7, 11) is 0. The second-order valence-electron chi connectivity index (χ2n) is 4.61. The number of carbonyl (C=O) groups excluding carboxylic acids is 2. The molecule has 1 aliphatic heterocycles. The van der Waals surface area contributed by atoms with Crippen LogP contribution in [0.25, 0.3) is 0 Å². The van der Waals surface area contributed by atoms with Crippen LogP contribution in [0.4, 0.5) is 0 Å². The van der Waals surface area contributed by atoms with Gasteiger partial charge in [-0.15, -0.1) is 0 Å².